The van der Waals surface area contributed by atoms with Crippen molar-refractivity contribution in [2.45, 2.75) is 12.6 Å². The number of carbonyl (C=O) groups is 2. The molecule has 3 nitrogen and oxygen atoms in total. The van der Waals surface area contributed by atoms with E-state index in [0.29, 0.717) is 0 Å². The number of carbonyl (C=O) groups excluding carboxylic acids is 2. The maximum Gasteiger partial charge on any atom is 0.416 e. The molecule has 0 spiro atoms. The number of anilines is 1. The lowest BCUT2D eigenvalue weighted by Crippen LogP contribution is -2.27. The second-order valence-corrected chi connectivity index (χ2v) is 4.20. The molecule has 1 aliphatic rings. The van der Waals surface area contributed by atoms with E-state index < -0.39 is 23.4 Å². The van der Waals surface area contributed by atoms with Crippen LogP contribution in [0.3, 0.4) is 0 Å². The van der Waals surface area contributed by atoms with Crippen LogP contribution in [-0.2, 0) is 15.8 Å². The summed E-state index contributed by atoms with van der Waals surface area (Å²) in [5.74, 6) is -1.30. The number of halogens is 4. The molecule has 0 aliphatic carbocycles. The molecule has 1 aromatic carbocycles. The van der Waals surface area contributed by atoms with Crippen LogP contribution >= 0.6 is 11.6 Å². The molecule has 1 heterocycles. The first-order chi connectivity index (χ1) is 8.30. The Morgan fingerprint density at radius 3 is 2.33 bits per heavy atom. The zero-order valence-corrected chi connectivity index (χ0v) is 9.68. The fourth-order valence-corrected chi connectivity index (χ4v) is 1.99. The number of hydrogen-bond acceptors (Lipinski definition) is 2. The van der Waals surface area contributed by atoms with Gasteiger partial charge in [-0.25, -0.2) is 0 Å². The molecule has 7 heteroatoms. The lowest BCUT2D eigenvalue weighted by molar-refractivity contribution is -0.137. The number of amides is 1. The average molecular weight is 278 g/mol. The van der Waals surface area contributed by atoms with Crippen molar-refractivity contribution in [1.29, 1.82) is 0 Å². The Balaban J connectivity index is 2.37. The standard InChI is InChI=1S/C11H7ClF3NO2/c12-7-5-6(11(13,14)15)1-2-8(7)16-4-3-9(17)10(16)18/h1-2,5H,3-4H2. The van der Waals surface area contributed by atoms with Gasteiger partial charge >= 0.3 is 6.18 Å². The van der Waals surface area contributed by atoms with Crippen molar-refractivity contribution in [1.82, 2.24) is 0 Å². The van der Waals surface area contributed by atoms with E-state index in [1.807, 2.05) is 0 Å². The smallest absolute Gasteiger partial charge is 0.304 e. The van der Waals surface area contributed by atoms with Crippen molar-refractivity contribution in [2.24, 2.45) is 0 Å². The number of benzene rings is 1. The molecule has 0 radical (unpaired) electrons. The zero-order valence-electron chi connectivity index (χ0n) is 8.92. The first-order valence-electron chi connectivity index (χ1n) is 5.02. The van der Waals surface area contributed by atoms with E-state index in [1.165, 1.54) is 0 Å². The van der Waals surface area contributed by atoms with Crippen molar-refractivity contribution in [3.05, 3.63) is 28.8 Å². The quantitative estimate of drug-likeness (QED) is 0.740. The van der Waals surface area contributed by atoms with E-state index in [2.05, 4.69) is 0 Å². The molecule has 0 atom stereocenters. The zero-order chi connectivity index (χ0) is 13.5. The molecular formula is C11H7ClF3NO2. The fraction of sp³-hybridized carbons (Fsp3) is 0.273. The van der Waals surface area contributed by atoms with Crippen LogP contribution in [-0.4, -0.2) is 18.2 Å². The van der Waals surface area contributed by atoms with Crippen LogP contribution in [0.2, 0.25) is 5.02 Å². The van der Waals surface area contributed by atoms with E-state index in [9.17, 15) is 22.8 Å². The van der Waals surface area contributed by atoms with Crippen molar-refractivity contribution < 1.29 is 22.8 Å². The van der Waals surface area contributed by atoms with Crippen molar-refractivity contribution in [3.63, 3.8) is 0 Å². The number of alkyl halides is 3. The number of hydrogen-bond donors (Lipinski definition) is 0. The van der Waals surface area contributed by atoms with E-state index in [1.54, 1.807) is 0 Å². The minimum absolute atomic E-state index is 0.0518. The topological polar surface area (TPSA) is 37.4 Å². The van der Waals surface area contributed by atoms with Crippen molar-refractivity contribution >= 4 is 29.0 Å². The van der Waals surface area contributed by atoms with Gasteiger partial charge in [-0.2, -0.15) is 13.2 Å². The molecule has 0 N–H and O–H groups in total. The predicted molar refractivity (Wildman–Crippen MR) is 58.4 cm³/mol. The Bertz CT molecular complexity index is 528. The molecule has 0 bridgehead atoms. The molecule has 1 saturated heterocycles. The van der Waals surface area contributed by atoms with Crippen molar-refractivity contribution in [2.75, 3.05) is 11.4 Å². The number of rotatable bonds is 1. The van der Waals surface area contributed by atoms with Gasteiger partial charge in [-0.15, -0.1) is 0 Å². The Hall–Kier alpha value is -1.56. The van der Waals surface area contributed by atoms with Gasteiger partial charge < -0.3 is 4.90 Å². The summed E-state index contributed by atoms with van der Waals surface area (Å²) < 4.78 is 37.3. The van der Waals surface area contributed by atoms with Crippen LogP contribution in [0.5, 0.6) is 0 Å². The van der Waals surface area contributed by atoms with Crippen LogP contribution in [0.4, 0.5) is 18.9 Å². The van der Waals surface area contributed by atoms with Crippen LogP contribution in [0.1, 0.15) is 12.0 Å². The second kappa shape index (κ2) is 4.28. The van der Waals surface area contributed by atoms with E-state index in [0.717, 1.165) is 23.1 Å². The second-order valence-electron chi connectivity index (χ2n) is 3.79. The van der Waals surface area contributed by atoms with Gasteiger partial charge in [0.15, 0.2) is 0 Å². The van der Waals surface area contributed by atoms with Gasteiger partial charge in [-0.1, -0.05) is 11.6 Å². The summed E-state index contributed by atoms with van der Waals surface area (Å²) in [6.07, 6.45) is -4.44. The molecule has 0 saturated carbocycles. The monoisotopic (exact) mass is 277 g/mol. The summed E-state index contributed by atoms with van der Waals surface area (Å²) in [6, 6.07) is 2.67. The van der Waals surface area contributed by atoms with Crippen LogP contribution in [0.15, 0.2) is 18.2 Å². The third-order valence-corrected chi connectivity index (χ3v) is 2.91. The Morgan fingerprint density at radius 1 is 1.22 bits per heavy atom. The minimum Gasteiger partial charge on any atom is -0.304 e. The molecule has 96 valence electrons. The molecule has 1 amide bonds. The fourth-order valence-electron chi connectivity index (χ4n) is 1.70. The molecule has 1 aliphatic heterocycles. The predicted octanol–water partition coefficient (Wildman–Crippen LogP) is 2.66. The molecule has 1 fully saturated rings. The highest BCUT2D eigenvalue weighted by atomic mass is 35.5. The van der Waals surface area contributed by atoms with Crippen LogP contribution in [0.25, 0.3) is 0 Å². The number of nitrogens with zero attached hydrogens (tertiary/aromatic N) is 1. The maximum absolute atomic E-state index is 12.4. The van der Waals surface area contributed by atoms with E-state index in [-0.39, 0.29) is 23.7 Å². The Morgan fingerprint density at radius 2 is 1.89 bits per heavy atom. The van der Waals surface area contributed by atoms with Gasteiger partial charge in [-0.05, 0) is 18.2 Å². The Kier molecular flexibility index (Phi) is 3.06. The number of ketones is 1. The van der Waals surface area contributed by atoms with Gasteiger partial charge in [-0.3, -0.25) is 9.59 Å². The summed E-state index contributed by atoms with van der Waals surface area (Å²) in [5, 5.41) is -0.201. The normalized spacial score (nSPS) is 16.6. The highest BCUT2D eigenvalue weighted by Gasteiger charge is 2.34. The SMILES string of the molecule is O=C1CCN(c2ccc(C(F)(F)F)cc2Cl)C1=O. The summed E-state index contributed by atoms with van der Waals surface area (Å²) in [6.45, 7) is 0.142. The van der Waals surface area contributed by atoms with Gasteiger partial charge in [0, 0.05) is 13.0 Å². The molecule has 1 aromatic rings. The molecule has 2 rings (SSSR count). The van der Waals surface area contributed by atoms with Crippen molar-refractivity contribution in [3.8, 4) is 0 Å². The first-order valence-corrected chi connectivity index (χ1v) is 5.40. The summed E-state index contributed by atoms with van der Waals surface area (Å²) >= 11 is 5.72. The molecular weight excluding hydrogens is 271 g/mol. The lowest BCUT2D eigenvalue weighted by atomic mass is 10.2. The average Bonchev–Trinajstić information content (AvgIpc) is 2.59. The lowest BCUT2D eigenvalue weighted by Gasteiger charge is -2.17. The third-order valence-electron chi connectivity index (χ3n) is 2.61. The van der Waals surface area contributed by atoms with Gasteiger partial charge in [0.2, 0.25) is 5.78 Å². The first kappa shape index (κ1) is 12.9. The molecule has 18 heavy (non-hydrogen) atoms. The third kappa shape index (κ3) is 2.20. The highest BCUT2D eigenvalue weighted by Crippen LogP contribution is 2.35. The van der Waals surface area contributed by atoms with Crippen LogP contribution < -0.4 is 4.90 Å². The van der Waals surface area contributed by atoms with E-state index in [4.69, 9.17) is 11.6 Å². The largest absolute Gasteiger partial charge is 0.416 e. The maximum atomic E-state index is 12.4. The summed E-state index contributed by atoms with van der Waals surface area (Å²) in [7, 11) is 0. The minimum atomic E-state index is -4.49. The van der Waals surface area contributed by atoms with E-state index >= 15 is 0 Å². The highest BCUT2D eigenvalue weighted by molar-refractivity contribution is 6.45. The van der Waals surface area contributed by atoms with Gasteiger partial charge in [0.1, 0.15) is 0 Å². The Labute approximate surface area is 105 Å². The van der Waals surface area contributed by atoms with Gasteiger partial charge in [0.05, 0.1) is 16.3 Å². The molecule has 0 aromatic heterocycles. The summed E-state index contributed by atoms with van der Waals surface area (Å²) in [5.41, 5.74) is -0.769. The molecule has 0 unspecified atom stereocenters. The number of Topliss-reactive ketones (excluding diaryl/α,β-unsaturated/α-hetero) is 1. The van der Waals surface area contributed by atoms with Crippen LogP contribution in [0, 0.1) is 0 Å². The summed E-state index contributed by atoms with van der Waals surface area (Å²) in [4.78, 5) is 23.6. The van der Waals surface area contributed by atoms with Gasteiger partial charge in [0.25, 0.3) is 5.91 Å².